The van der Waals surface area contributed by atoms with Gasteiger partial charge < -0.3 is 9.64 Å². The Morgan fingerprint density at radius 2 is 2.00 bits per heavy atom. The fourth-order valence-electron chi connectivity index (χ4n) is 2.78. The SMILES string of the molecule is COC(C(=O)N1CCCC(C)(C)C1)c1ccccc1. The Hall–Kier alpha value is -1.35. The van der Waals surface area contributed by atoms with Crippen LogP contribution in [0.3, 0.4) is 0 Å². The van der Waals surface area contributed by atoms with Crippen LogP contribution in [0.2, 0.25) is 0 Å². The predicted molar refractivity (Wildman–Crippen MR) is 75.8 cm³/mol. The molecule has 19 heavy (non-hydrogen) atoms. The molecule has 1 amide bonds. The molecule has 0 spiro atoms. The number of hydrogen-bond donors (Lipinski definition) is 0. The first-order valence-corrected chi connectivity index (χ1v) is 6.90. The molecule has 1 aliphatic heterocycles. The van der Waals surface area contributed by atoms with Crippen molar-refractivity contribution < 1.29 is 9.53 Å². The molecule has 1 aromatic rings. The highest BCUT2D eigenvalue weighted by molar-refractivity contribution is 5.82. The third kappa shape index (κ3) is 3.35. The zero-order valence-corrected chi connectivity index (χ0v) is 12.1. The van der Waals surface area contributed by atoms with Crippen molar-refractivity contribution in [2.24, 2.45) is 5.41 Å². The quantitative estimate of drug-likeness (QED) is 0.837. The van der Waals surface area contributed by atoms with Crippen LogP contribution in [0.25, 0.3) is 0 Å². The Morgan fingerprint density at radius 3 is 2.58 bits per heavy atom. The van der Waals surface area contributed by atoms with Crippen LogP contribution in [0.5, 0.6) is 0 Å². The maximum atomic E-state index is 12.6. The van der Waals surface area contributed by atoms with Crippen molar-refractivity contribution in [1.29, 1.82) is 0 Å². The Balaban J connectivity index is 2.13. The second kappa shape index (κ2) is 5.74. The van der Waals surface area contributed by atoms with Crippen molar-refractivity contribution in [3.8, 4) is 0 Å². The van der Waals surface area contributed by atoms with E-state index in [9.17, 15) is 4.79 Å². The Morgan fingerprint density at radius 1 is 1.32 bits per heavy atom. The molecule has 1 atom stereocenters. The van der Waals surface area contributed by atoms with E-state index in [0.29, 0.717) is 0 Å². The van der Waals surface area contributed by atoms with Crippen LogP contribution in [-0.2, 0) is 9.53 Å². The van der Waals surface area contributed by atoms with Gasteiger partial charge in [-0.05, 0) is 23.8 Å². The number of methoxy groups -OCH3 is 1. The molecule has 2 rings (SSSR count). The number of likely N-dealkylation sites (tertiary alicyclic amines) is 1. The van der Waals surface area contributed by atoms with Crippen LogP contribution in [0.1, 0.15) is 38.4 Å². The topological polar surface area (TPSA) is 29.5 Å². The second-order valence-corrected chi connectivity index (χ2v) is 6.05. The van der Waals surface area contributed by atoms with Gasteiger partial charge in [0.15, 0.2) is 6.10 Å². The smallest absolute Gasteiger partial charge is 0.256 e. The molecule has 1 aromatic carbocycles. The summed E-state index contributed by atoms with van der Waals surface area (Å²) in [6.07, 6.45) is 1.78. The average molecular weight is 261 g/mol. The molecule has 3 nitrogen and oxygen atoms in total. The molecule has 0 aromatic heterocycles. The van der Waals surface area contributed by atoms with Crippen LogP contribution in [0.4, 0.5) is 0 Å². The van der Waals surface area contributed by atoms with E-state index in [-0.39, 0.29) is 11.3 Å². The lowest BCUT2D eigenvalue weighted by Crippen LogP contribution is -2.45. The number of benzene rings is 1. The van der Waals surface area contributed by atoms with Gasteiger partial charge in [0.1, 0.15) is 0 Å². The number of piperidine rings is 1. The summed E-state index contributed by atoms with van der Waals surface area (Å²) < 4.78 is 5.43. The minimum atomic E-state index is -0.477. The van der Waals surface area contributed by atoms with E-state index in [0.717, 1.165) is 25.1 Å². The van der Waals surface area contributed by atoms with Crippen molar-refractivity contribution in [2.75, 3.05) is 20.2 Å². The van der Waals surface area contributed by atoms with E-state index in [4.69, 9.17) is 4.74 Å². The van der Waals surface area contributed by atoms with Crippen molar-refractivity contribution in [3.63, 3.8) is 0 Å². The number of carbonyl (C=O) groups is 1. The first kappa shape index (κ1) is 14.1. The highest BCUT2D eigenvalue weighted by Gasteiger charge is 2.33. The van der Waals surface area contributed by atoms with Gasteiger partial charge in [-0.2, -0.15) is 0 Å². The summed E-state index contributed by atoms with van der Waals surface area (Å²) in [5.74, 6) is 0.0847. The van der Waals surface area contributed by atoms with Gasteiger partial charge in [0.25, 0.3) is 5.91 Å². The molecule has 3 heteroatoms. The van der Waals surface area contributed by atoms with Crippen molar-refractivity contribution in [2.45, 2.75) is 32.8 Å². The Labute approximate surface area is 115 Å². The molecule has 1 fully saturated rings. The average Bonchev–Trinajstić information content (AvgIpc) is 2.39. The summed E-state index contributed by atoms with van der Waals surface area (Å²) in [4.78, 5) is 14.6. The van der Waals surface area contributed by atoms with Gasteiger partial charge in [0, 0.05) is 20.2 Å². The number of ether oxygens (including phenoxy) is 1. The van der Waals surface area contributed by atoms with Crippen LogP contribution >= 0.6 is 0 Å². The third-order valence-corrected chi connectivity index (χ3v) is 3.77. The molecule has 1 heterocycles. The summed E-state index contributed by atoms with van der Waals surface area (Å²) in [6.45, 7) is 6.10. The summed E-state index contributed by atoms with van der Waals surface area (Å²) in [5, 5.41) is 0. The summed E-state index contributed by atoms with van der Waals surface area (Å²) in [6, 6.07) is 9.72. The van der Waals surface area contributed by atoms with E-state index < -0.39 is 6.10 Å². The summed E-state index contributed by atoms with van der Waals surface area (Å²) in [7, 11) is 1.60. The van der Waals surface area contributed by atoms with E-state index in [1.165, 1.54) is 6.42 Å². The molecule has 1 saturated heterocycles. The van der Waals surface area contributed by atoms with Crippen molar-refractivity contribution in [1.82, 2.24) is 4.90 Å². The largest absolute Gasteiger partial charge is 0.367 e. The minimum Gasteiger partial charge on any atom is -0.367 e. The Bertz CT molecular complexity index is 428. The monoisotopic (exact) mass is 261 g/mol. The van der Waals surface area contributed by atoms with Crippen LogP contribution in [0, 0.1) is 5.41 Å². The van der Waals surface area contributed by atoms with Crippen molar-refractivity contribution in [3.05, 3.63) is 35.9 Å². The van der Waals surface area contributed by atoms with E-state index >= 15 is 0 Å². The third-order valence-electron chi connectivity index (χ3n) is 3.77. The molecule has 0 aliphatic carbocycles. The molecule has 0 N–H and O–H groups in total. The molecular formula is C16H23NO2. The van der Waals surface area contributed by atoms with Crippen LogP contribution in [0.15, 0.2) is 30.3 Å². The summed E-state index contributed by atoms with van der Waals surface area (Å²) in [5.41, 5.74) is 1.14. The highest BCUT2D eigenvalue weighted by Crippen LogP contribution is 2.30. The molecule has 1 unspecified atom stereocenters. The number of hydrogen-bond acceptors (Lipinski definition) is 2. The van der Waals surface area contributed by atoms with Crippen LogP contribution < -0.4 is 0 Å². The maximum Gasteiger partial charge on any atom is 0.256 e. The predicted octanol–water partition coefficient (Wildman–Crippen LogP) is 3.02. The van der Waals surface area contributed by atoms with Gasteiger partial charge in [-0.15, -0.1) is 0 Å². The van der Waals surface area contributed by atoms with E-state index in [1.54, 1.807) is 7.11 Å². The lowest BCUT2D eigenvalue weighted by molar-refractivity contribution is -0.145. The van der Waals surface area contributed by atoms with Gasteiger partial charge in [-0.25, -0.2) is 0 Å². The number of carbonyl (C=O) groups excluding carboxylic acids is 1. The fraction of sp³-hybridized carbons (Fsp3) is 0.562. The molecule has 104 valence electrons. The minimum absolute atomic E-state index is 0.0847. The first-order chi connectivity index (χ1) is 9.03. The van der Waals surface area contributed by atoms with Gasteiger partial charge in [-0.1, -0.05) is 44.2 Å². The van der Waals surface area contributed by atoms with E-state index in [1.807, 2.05) is 35.2 Å². The number of rotatable bonds is 3. The molecule has 1 aliphatic rings. The van der Waals surface area contributed by atoms with Gasteiger partial charge >= 0.3 is 0 Å². The van der Waals surface area contributed by atoms with E-state index in [2.05, 4.69) is 13.8 Å². The molecule has 0 saturated carbocycles. The highest BCUT2D eigenvalue weighted by atomic mass is 16.5. The molecule has 0 radical (unpaired) electrons. The molecule has 0 bridgehead atoms. The zero-order chi connectivity index (χ0) is 13.9. The second-order valence-electron chi connectivity index (χ2n) is 6.05. The fourth-order valence-corrected chi connectivity index (χ4v) is 2.78. The summed E-state index contributed by atoms with van der Waals surface area (Å²) >= 11 is 0. The normalized spacial score (nSPS) is 20.1. The van der Waals surface area contributed by atoms with Crippen molar-refractivity contribution >= 4 is 5.91 Å². The zero-order valence-electron chi connectivity index (χ0n) is 12.1. The van der Waals surface area contributed by atoms with Crippen LogP contribution in [-0.4, -0.2) is 31.0 Å². The standard InChI is InChI=1S/C16H23NO2/c1-16(2)10-7-11-17(12-16)15(18)14(19-3)13-8-5-4-6-9-13/h4-6,8-9,14H,7,10-12H2,1-3H3. The molecular weight excluding hydrogens is 238 g/mol. The number of nitrogens with zero attached hydrogens (tertiary/aromatic N) is 1. The number of amides is 1. The van der Waals surface area contributed by atoms with Gasteiger partial charge in [0.05, 0.1) is 0 Å². The van der Waals surface area contributed by atoms with Gasteiger partial charge in [0.2, 0.25) is 0 Å². The lowest BCUT2D eigenvalue weighted by atomic mass is 9.84. The maximum absolute atomic E-state index is 12.6. The van der Waals surface area contributed by atoms with Gasteiger partial charge in [-0.3, -0.25) is 4.79 Å². The first-order valence-electron chi connectivity index (χ1n) is 6.90. The lowest BCUT2D eigenvalue weighted by Gasteiger charge is -2.39. The Kier molecular flexibility index (Phi) is 4.25.